The summed E-state index contributed by atoms with van der Waals surface area (Å²) in [6.07, 6.45) is 0.819. The summed E-state index contributed by atoms with van der Waals surface area (Å²) >= 11 is 0. The Balaban J connectivity index is 2.39. The van der Waals surface area contributed by atoms with Gasteiger partial charge >= 0.3 is 11.9 Å². The first-order valence-electron chi connectivity index (χ1n) is 6.33. The van der Waals surface area contributed by atoms with Crippen molar-refractivity contribution in [3.8, 4) is 0 Å². The molecule has 0 saturated carbocycles. The number of hydrogen-bond acceptors (Lipinski definition) is 4. The first kappa shape index (κ1) is 16.2. The molecule has 0 radical (unpaired) electrons. The van der Waals surface area contributed by atoms with E-state index in [0.717, 1.165) is 0 Å². The SMILES string of the molecule is N[C@@H](CCCCF)C(=O)OC(=O)Cc1cccc(F)c1. The summed E-state index contributed by atoms with van der Waals surface area (Å²) in [7, 11) is 0. The number of hydrogen-bond donors (Lipinski definition) is 1. The number of carbonyl (C=O) groups is 2. The highest BCUT2D eigenvalue weighted by atomic mass is 19.1. The lowest BCUT2D eigenvalue weighted by atomic mass is 10.1. The molecule has 20 heavy (non-hydrogen) atoms. The number of benzene rings is 1. The zero-order valence-electron chi connectivity index (χ0n) is 11.0. The molecule has 1 rings (SSSR count). The van der Waals surface area contributed by atoms with Gasteiger partial charge in [-0.1, -0.05) is 12.1 Å². The zero-order chi connectivity index (χ0) is 15.0. The number of nitrogens with two attached hydrogens (primary N) is 1. The van der Waals surface area contributed by atoms with Gasteiger partial charge in [0.15, 0.2) is 0 Å². The van der Waals surface area contributed by atoms with Crippen LogP contribution in [0.25, 0.3) is 0 Å². The van der Waals surface area contributed by atoms with Crippen molar-refractivity contribution in [2.24, 2.45) is 5.73 Å². The smallest absolute Gasteiger partial charge is 0.330 e. The Morgan fingerprint density at radius 3 is 2.70 bits per heavy atom. The van der Waals surface area contributed by atoms with Crippen molar-refractivity contribution in [3.05, 3.63) is 35.6 Å². The molecule has 0 unspecified atom stereocenters. The topological polar surface area (TPSA) is 69.4 Å². The Kier molecular flexibility index (Phi) is 6.79. The molecule has 4 nitrogen and oxygen atoms in total. The first-order valence-corrected chi connectivity index (χ1v) is 6.33. The van der Waals surface area contributed by atoms with Gasteiger partial charge in [0, 0.05) is 0 Å². The van der Waals surface area contributed by atoms with Gasteiger partial charge in [0.25, 0.3) is 0 Å². The fraction of sp³-hybridized carbons (Fsp3) is 0.429. The fourth-order valence-electron chi connectivity index (χ4n) is 1.61. The Morgan fingerprint density at radius 2 is 2.05 bits per heavy atom. The van der Waals surface area contributed by atoms with Crippen molar-refractivity contribution >= 4 is 11.9 Å². The van der Waals surface area contributed by atoms with Crippen LogP contribution in [-0.2, 0) is 20.7 Å². The molecule has 2 N–H and O–H groups in total. The minimum Gasteiger partial charge on any atom is -0.392 e. The van der Waals surface area contributed by atoms with E-state index in [-0.39, 0.29) is 12.8 Å². The Bertz CT molecular complexity index is 465. The molecule has 0 spiro atoms. The van der Waals surface area contributed by atoms with Crippen molar-refractivity contribution < 1.29 is 23.1 Å². The standard InChI is InChI=1S/C14H17F2NO3/c15-7-2-1-6-12(17)14(19)20-13(18)9-10-4-3-5-11(16)8-10/h3-5,8,12H,1-2,6-7,9,17H2/t12-/m0/s1. The number of alkyl halides is 1. The molecule has 6 heteroatoms. The molecule has 1 atom stereocenters. The molecule has 0 amide bonds. The van der Waals surface area contributed by atoms with Gasteiger partial charge in [-0.2, -0.15) is 0 Å². The average Bonchev–Trinajstić information content (AvgIpc) is 2.38. The Labute approximate surface area is 115 Å². The second-order valence-electron chi connectivity index (χ2n) is 4.39. The summed E-state index contributed by atoms with van der Waals surface area (Å²) in [4.78, 5) is 23.0. The predicted molar refractivity (Wildman–Crippen MR) is 69.0 cm³/mol. The van der Waals surface area contributed by atoms with Crippen LogP contribution in [0.4, 0.5) is 8.78 Å². The van der Waals surface area contributed by atoms with Crippen LogP contribution < -0.4 is 5.73 Å². The van der Waals surface area contributed by atoms with Gasteiger partial charge in [-0.3, -0.25) is 9.18 Å². The number of halogens is 2. The van der Waals surface area contributed by atoms with E-state index in [2.05, 4.69) is 4.74 Å². The maximum Gasteiger partial charge on any atom is 0.330 e. The maximum atomic E-state index is 12.9. The van der Waals surface area contributed by atoms with Gasteiger partial charge < -0.3 is 10.5 Å². The van der Waals surface area contributed by atoms with Gasteiger partial charge in [0.1, 0.15) is 11.9 Å². The molecule has 0 heterocycles. The number of carbonyl (C=O) groups excluding carboxylic acids is 2. The molecule has 0 aliphatic rings. The number of esters is 2. The van der Waals surface area contributed by atoms with Crippen LogP contribution >= 0.6 is 0 Å². The molecule has 0 saturated heterocycles. The van der Waals surface area contributed by atoms with Crippen molar-refractivity contribution in [2.75, 3.05) is 6.67 Å². The number of unbranched alkanes of at least 4 members (excludes halogenated alkanes) is 1. The molecular weight excluding hydrogens is 268 g/mol. The van der Waals surface area contributed by atoms with E-state index in [1.165, 1.54) is 18.2 Å². The number of ether oxygens (including phenoxy) is 1. The lowest BCUT2D eigenvalue weighted by Crippen LogP contribution is -2.34. The van der Waals surface area contributed by atoms with Crippen LogP contribution in [0.3, 0.4) is 0 Å². The summed E-state index contributed by atoms with van der Waals surface area (Å²) in [5.74, 6) is -2.10. The van der Waals surface area contributed by atoms with Crippen LogP contribution in [-0.4, -0.2) is 24.7 Å². The molecule has 1 aromatic carbocycles. The fourth-order valence-corrected chi connectivity index (χ4v) is 1.61. The minimum absolute atomic E-state index is 0.208. The largest absolute Gasteiger partial charge is 0.392 e. The second kappa shape index (κ2) is 8.37. The van der Waals surface area contributed by atoms with Gasteiger partial charge in [-0.25, -0.2) is 9.18 Å². The predicted octanol–water partition coefficient (Wildman–Crippen LogP) is 1.91. The van der Waals surface area contributed by atoms with Crippen LogP contribution in [0.2, 0.25) is 0 Å². The lowest BCUT2D eigenvalue weighted by Gasteiger charge is -2.09. The lowest BCUT2D eigenvalue weighted by molar-refractivity contribution is -0.160. The highest BCUT2D eigenvalue weighted by Gasteiger charge is 2.18. The van der Waals surface area contributed by atoms with Gasteiger partial charge in [-0.05, 0) is 37.0 Å². The Morgan fingerprint density at radius 1 is 1.30 bits per heavy atom. The molecule has 110 valence electrons. The Hall–Kier alpha value is -1.82. The summed E-state index contributed by atoms with van der Waals surface area (Å²) in [5, 5.41) is 0. The molecule has 0 aliphatic carbocycles. The van der Waals surface area contributed by atoms with Gasteiger partial charge in [-0.15, -0.1) is 0 Å². The third kappa shape index (κ3) is 5.88. The van der Waals surface area contributed by atoms with E-state index < -0.39 is 30.5 Å². The zero-order valence-corrected chi connectivity index (χ0v) is 11.0. The van der Waals surface area contributed by atoms with E-state index in [0.29, 0.717) is 18.4 Å². The molecule has 0 aliphatic heterocycles. The first-order chi connectivity index (χ1) is 9.52. The summed E-state index contributed by atoms with van der Waals surface area (Å²) < 4.78 is 29.4. The second-order valence-corrected chi connectivity index (χ2v) is 4.39. The van der Waals surface area contributed by atoms with Crippen molar-refractivity contribution in [2.45, 2.75) is 31.7 Å². The van der Waals surface area contributed by atoms with Crippen molar-refractivity contribution in [1.29, 1.82) is 0 Å². The monoisotopic (exact) mass is 285 g/mol. The maximum absolute atomic E-state index is 12.9. The summed E-state index contributed by atoms with van der Waals surface area (Å²) in [6, 6.07) is 4.50. The van der Waals surface area contributed by atoms with E-state index in [4.69, 9.17) is 5.73 Å². The van der Waals surface area contributed by atoms with E-state index >= 15 is 0 Å². The average molecular weight is 285 g/mol. The van der Waals surface area contributed by atoms with E-state index in [9.17, 15) is 18.4 Å². The van der Waals surface area contributed by atoms with Crippen LogP contribution in [0.1, 0.15) is 24.8 Å². The van der Waals surface area contributed by atoms with Crippen LogP contribution in [0.5, 0.6) is 0 Å². The van der Waals surface area contributed by atoms with Crippen molar-refractivity contribution in [1.82, 2.24) is 0 Å². The normalized spacial score (nSPS) is 11.9. The number of rotatable bonds is 7. The molecule has 0 fully saturated rings. The molecule has 1 aromatic rings. The highest BCUT2D eigenvalue weighted by molar-refractivity contribution is 5.89. The third-order valence-corrected chi connectivity index (χ3v) is 2.65. The van der Waals surface area contributed by atoms with E-state index in [1.54, 1.807) is 6.07 Å². The molecule has 0 bridgehead atoms. The van der Waals surface area contributed by atoms with Crippen LogP contribution in [0, 0.1) is 5.82 Å². The molecular formula is C14H17F2NO3. The van der Waals surface area contributed by atoms with Gasteiger partial charge in [0.2, 0.25) is 0 Å². The van der Waals surface area contributed by atoms with Crippen LogP contribution in [0.15, 0.2) is 24.3 Å². The summed E-state index contributed by atoms with van der Waals surface area (Å²) in [6.45, 7) is -0.472. The third-order valence-electron chi connectivity index (χ3n) is 2.65. The quantitative estimate of drug-likeness (QED) is 0.472. The molecule has 0 aromatic heterocycles. The summed E-state index contributed by atoms with van der Waals surface area (Å²) in [5.41, 5.74) is 5.93. The van der Waals surface area contributed by atoms with Crippen molar-refractivity contribution in [3.63, 3.8) is 0 Å². The van der Waals surface area contributed by atoms with Gasteiger partial charge in [0.05, 0.1) is 13.1 Å². The minimum atomic E-state index is -0.946. The van der Waals surface area contributed by atoms with E-state index in [1.807, 2.05) is 0 Å². The highest BCUT2D eigenvalue weighted by Crippen LogP contribution is 2.06.